The lowest BCUT2D eigenvalue weighted by Gasteiger charge is -1.94. The Morgan fingerprint density at radius 2 is 2.62 bits per heavy atom. The van der Waals surface area contributed by atoms with Crippen molar-refractivity contribution in [2.24, 2.45) is 5.92 Å². The molecule has 0 bridgehead atoms. The van der Waals surface area contributed by atoms with Gasteiger partial charge in [-0.05, 0) is 19.8 Å². The molecule has 8 heavy (non-hydrogen) atoms. The number of hydrogen-bond donors (Lipinski definition) is 0. The van der Waals surface area contributed by atoms with Gasteiger partial charge < -0.3 is 4.79 Å². The summed E-state index contributed by atoms with van der Waals surface area (Å²) in [6.45, 7) is 2.07. The van der Waals surface area contributed by atoms with E-state index in [-0.39, 0.29) is 0 Å². The molecular formula is C7H10O. The molecule has 1 aliphatic rings. The van der Waals surface area contributed by atoms with Gasteiger partial charge in [-0.2, -0.15) is 0 Å². The molecule has 0 saturated carbocycles. The summed E-state index contributed by atoms with van der Waals surface area (Å²) >= 11 is 0. The molecule has 0 N–H and O–H groups in total. The summed E-state index contributed by atoms with van der Waals surface area (Å²) in [5.74, 6) is 0.301. The number of carbonyl (C=O) groups excluding carboxylic acids is 1. The van der Waals surface area contributed by atoms with Crippen molar-refractivity contribution in [3.05, 3.63) is 11.6 Å². The number of hydrogen-bond acceptors (Lipinski definition) is 1. The van der Waals surface area contributed by atoms with E-state index in [9.17, 15) is 4.79 Å². The van der Waals surface area contributed by atoms with Crippen molar-refractivity contribution in [2.45, 2.75) is 19.8 Å². The molecule has 44 valence electrons. The van der Waals surface area contributed by atoms with E-state index in [1.807, 2.05) is 0 Å². The molecule has 0 aromatic rings. The van der Waals surface area contributed by atoms with E-state index < -0.39 is 0 Å². The molecule has 0 aromatic carbocycles. The van der Waals surface area contributed by atoms with Crippen molar-refractivity contribution < 1.29 is 4.79 Å². The predicted octanol–water partition coefficient (Wildman–Crippen LogP) is 1.54. The van der Waals surface area contributed by atoms with E-state index in [1.165, 1.54) is 5.57 Å². The largest absolute Gasteiger partial charge is 0.303 e. The molecule has 0 spiro atoms. The number of carbonyl (C=O) groups is 1. The number of allylic oxidation sites excluding steroid dienone is 2. The van der Waals surface area contributed by atoms with E-state index in [4.69, 9.17) is 0 Å². The van der Waals surface area contributed by atoms with E-state index >= 15 is 0 Å². The van der Waals surface area contributed by atoms with Gasteiger partial charge in [0.05, 0.1) is 0 Å². The Balaban J connectivity index is 2.43. The molecule has 0 radical (unpaired) electrons. The first kappa shape index (κ1) is 5.54. The summed E-state index contributed by atoms with van der Waals surface area (Å²) in [4.78, 5) is 10.1. The molecule has 0 fully saturated rings. The first-order valence-electron chi connectivity index (χ1n) is 2.94. The van der Waals surface area contributed by atoms with Crippen LogP contribution in [-0.2, 0) is 4.79 Å². The lowest BCUT2D eigenvalue weighted by Crippen LogP contribution is -1.93. The Morgan fingerprint density at radius 3 is 2.88 bits per heavy atom. The van der Waals surface area contributed by atoms with Gasteiger partial charge in [0.1, 0.15) is 6.29 Å². The average Bonchev–Trinajstić information content (AvgIpc) is 2.14. The minimum Gasteiger partial charge on any atom is -0.303 e. The second-order valence-corrected chi connectivity index (χ2v) is 2.39. The van der Waals surface area contributed by atoms with Crippen LogP contribution in [0.1, 0.15) is 19.8 Å². The monoisotopic (exact) mass is 110 g/mol. The highest BCUT2D eigenvalue weighted by atomic mass is 16.1. The first-order valence-corrected chi connectivity index (χ1v) is 2.94. The third kappa shape index (κ3) is 0.971. The molecule has 1 nitrogen and oxygen atoms in total. The van der Waals surface area contributed by atoms with Gasteiger partial charge in [0.25, 0.3) is 0 Å². The normalized spacial score (nSPS) is 27.6. The molecule has 1 aliphatic carbocycles. The van der Waals surface area contributed by atoms with Crippen molar-refractivity contribution in [1.82, 2.24) is 0 Å². The van der Waals surface area contributed by atoms with Gasteiger partial charge in [-0.3, -0.25) is 0 Å². The van der Waals surface area contributed by atoms with Gasteiger partial charge in [-0.25, -0.2) is 0 Å². The van der Waals surface area contributed by atoms with Crippen LogP contribution in [0, 0.1) is 5.92 Å². The maximum atomic E-state index is 10.1. The van der Waals surface area contributed by atoms with Crippen LogP contribution in [0.15, 0.2) is 11.6 Å². The van der Waals surface area contributed by atoms with Crippen molar-refractivity contribution in [3.8, 4) is 0 Å². The highest BCUT2D eigenvalue weighted by Crippen LogP contribution is 2.21. The molecule has 0 aliphatic heterocycles. The van der Waals surface area contributed by atoms with Gasteiger partial charge >= 0.3 is 0 Å². The Hall–Kier alpha value is -0.590. The van der Waals surface area contributed by atoms with E-state index in [0.29, 0.717) is 5.92 Å². The zero-order valence-corrected chi connectivity index (χ0v) is 5.05. The van der Waals surface area contributed by atoms with Gasteiger partial charge in [0.2, 0.25) is 0 Å². The van der Waals surface area contributed by atoms with Crippen molar-refractivity contribution >= 4 is 6.29 Å². The minimum atomic E-state index is 0.301. The Labute approximate surface area is 49.4 Å². The van der Waals surface area contributed by atoms with Gasteiger partial charge in [0.15, 0.2) is 0 Å². The molecule has 1 unspecified atom stereocenters. The highest BCUT2D eigenvalue weighted by molar-refractivity contribution is 5.55. The fraction of sp³-hybridized carbons (Fsp3) is 0.571. The van der Waals surface area contributed by atoms with Crippen LogP contribution in [-0.4, -0.2) is 6.29 Å². The molecule has 1 rings (SSSR count). The van der Waals surface area contributed by atoms with Crippen LogP contribution in [0.4, 0.5) is 0 Å². The van der Waals surface area contributed by atoms with Gasteiger partial charge in [0, 0.05) is 5.92 Å². The lowest BCUT2D eigenvalue weighted by atomic mass is 10.1. The Kier molecular flexibility index (Phi) is 1.47. The smallest absolute Gasteiger partial charge is 0.123 e. The van der Waals surface area contributed by atoms with E-state index in [2.05, 4.69) is 13.0 Å². The zero-order valence-electron chi connectivity index (χ0n) is 5.05. The van der Waals surface area contributed by atoms with Crippen LogP contribution in [0.2, 0.25) is 0 Å². The second-order valence-electron chi connectivity index (χ2n) is 2.39. The second kappa shape index (κ2) is 2.12. The minimum absolute atomic E-state index is 0.301. The molecule has 0 aromatic heterocycles. The van der Waals surface area contributed by atoms with Gasteiger partial charge in [-0.15, -0.1) is 0 Å². The lowest BCUT2D eigenvalue weighted by molar-refractivity contribution is -0.110. The van der Waals surface area contributed by atoms with Crippen molar-refractivity contribution in [2.75, 3.05) is 0 Å². The summed E-state index contributed by atoms with van der Waals surface area (Å²) in [7, 11) is 0. The molecule has 1 atom stereocenters. The van der Waals surface area contributed by atoms with Crippen LogP contribution >= 0.6 is 0 Å². The fourth-order valence-corrected chi connectivity index (χ4v) is 1.04. The number of rotatable bonds is 1. The maximum Gasteiger partial charge on any atom is 0.123 e. The molecule has 0 amide bonds. The zero-order chi connectivity index (χ0) is 5.98. The standard InChI is InChI=1S/C7H10O/c1-6-2-3-7(4-6)5-8/h2,5,7H,3-4H2,1H3. The number of aldehydes is 1. The molecule has 0 saturated heterocycles. The Morgan fingerprint density at radius 1 is 1.88 bits per heavy atom. The topological polar surface area (TPSA) is 17.1 Å². The summed E-state index contributed by atoms with van der Waals surface area (Å²) in [5.41, 5.74) is 1.36. The summed E-state index contributed by atoms with van der Waals surface area (Å²) in [5, 5.41) is 0. The van der Waals surface area contributed by atoms with E-state index in [0.717, 1.165) is 19.1 Å². The third-order valence-corrected chi connectivity index (χ3v) is 1.55. The highest BCUT2D eigenvalue weighted by Gasteiger charge is 2.11. The molecular weight excluding hydrogens is 100 g/mol. The SMILES string of the molecule is CC1=CCC(C=O)C1. The summed E-state index contributed by atoms with van der Waals surface area (Å²) < 4.78 is 0. The van der Waals surface area contributed by atoms with Gasteiger partial charge in [-0.1, -0.05) is 11.6 Å². The van der Waals surface area contributed by atoms with Crippen LogP contribution < -0.4 is 0 Å². The van der Waals surface area contributed by atoms with Crippen LogP contribution in [0.3, 0.4) is 0 Å². The first-order chi connectivity index (χ1) is 3.83. The summed E-state index contributed by atoms with van der Waals surface area (Å²) in [6, 6.07) is 0. The van der Waals surface area contributed by atoms with Crippen LogP contribution in [0.5, 0.6) is 0 Å². The Bertz CT molecular complexity index is 124. The quantitative estimate of drug-likeness (QED) is 0.369. The third-order valence-electron chi connectivity index (χ3n) is 1.55. The fourth-order valence-electron chi connectivity index (χ4n) is 1.04. The van der Waals surface area contributed by atoms with Crippen molar-refractivity contribution in [1.29, 1.82) is 0 Å². The van der Waals surface area contributed by atoms with Crippen LogP contribution in [0.25, 0.3) is 0 Å². The van der Waals surface area contributed by atoms with E-state index in [1.54, 1.807) is 0 Å². The average molecular weight is 110 g/mol. The predicted molar refractivity (Wildman–Crippen MR) is 32.5 cm³/mol. The maximum absolute atomic E-state index is 10.1. The summed E-state index contributed by atoms with van der Waals surface area (Å²) in [6.07, 6.45) is 5.14. The molecule has 0 heterocycles. The molecule has 1 heteroatoms. The van der Waals surface area contributed by atoms with Crippen molar-refractivity contribution in [3.63, 3.8) is 0 Å².